The van der Waals surface area contributed by atoms with E-state index in [1.165, 1.54) is 14.0 Å². The molecule has 0 radical (unpaired) electrons. The predicted molar refractivity (Wildman–Crippen MR) is 263 cm³/mol. The average molecular weight is 999 g/mol. The summed E-state index contributed by atoms with van der Waals surface area (Å²) >= 11 is 0. The van der Waals surface area contributed by atoms with E-state index in [1.54, 1.807) is 45.9 Å². The summed E-state index contributed by atoms with van der Waals surface area (Å²) in [5.74, 6) is -4.56. The Morgan fingerprint density at radius 1 is 0.930 bits per heavy atom. The summed E-state index contributed by atoms with van der Waals surface area (Å²) in [7, 11) is 6.86. The van der Waals surface area contributed by atoms with Crippen molar-refractivity contribution >= 4 is 34.7 Å². The third-order valence-electron chi connectivity index (χ3n) is 16.0. The number of ether oxygens (including phenoxy) is 9. The van der Waals surface area contributed by atoms with Crippen molar-refractivity contribution in [3.05, 3.63) is 42.1 Å². The lowest BCUT2D eigenvalue weighted by molar-refractivity contribution is -0.320. The Morgan fingerprint density at radius 2 is 1.61 bits per heavy atom. The second kappa shape index (κ2) is 23.1. The average Bonchev–Trinajstić information content (AvgIpc) is 3.59. The van der Waals surface area contributed by atoms with Gasteiger partial charge >= 0.3 is 18.0 Å². The van der Waals surface area contributed by atoms with Crippen molar-refractivity contribution in [3.8, 4) is 0 Å². The van der Waals surface area contributed by atoms with E-state index in [-0.39, 0.29) is 43.7 Å². The fourth-order valence-electron chi connectivity index (χ4n) is 12.0. The van der Waals surface area contributed by atoms with Crippen LogP contribution in [0.4, 0.5) is 4.79 Å². The van der Waals surface area contributed by atoms with Gasteiger partial charge in [0.05, 0.1) is 47.5 Å². The summed E-state index contributed by atoms with van der Waals surface area (Å²) in [5, 5.41) is 16.4. The number of aromatic nitrogens is 1. The summed E-state index contributed by atoms with van der Waals surface area (Å²) in [6, 6.07) is 8.70. The van der Waals surface area contributed by atoms with E-state index >= 15 is 9.59 Å². The largest absolute Gasteiger partial charge is 0.458 e. The van der Waals surface area contributed by atoms with Gasteiger partial charge in [0.25, 0.3) is 0 Å². The molecule has 2 aromatic rings. The molecule has 4 aliphatic heterocycles. The molecular weight excluding hydrogens is 917 g/mol. The van der Waals surface area contributed by atoms with Gasteiger partial charge in [-0.3, -0.25) is 24.3 Å². The Morgan fingerprint density at radius 3 is 2.25 bits per heavy atom. The number of rotatable bonds is 14. The minimum atomic E-state index is -1.46. The molecule has 4 fully saturated rings. The number of amides is 1. The first-order chi connectivity index (χ1) is 33.4. The number of nitrogens with zero attached hydrogens (tertiary/aromatic N) is 3. The first-order valence-corrected chi connectivity index (χ1v) is 25.4. The quantitative estimate of drug-likeness (QED) is 0.130. The molecule has 0 bridgehead atoms. The molecule has 18 heteroatoms. The molecule has 18 nitrogen and oxygen atoms in total. The number of ketones is 1. The molecule has 6 rings (SSSR count). The van der Waals surface area contributed by atoms with Crippen LogP contribution in [0.25, 0.3) is 10.9 Å². The number of esters is 2. The van der Waals surface area contributed by atoms with Crippen molar-refractivity contribution in [1.82, 2.24) is 20.1 Å². The van der Waals surface area contributed by atoms with Gasteiger partial charge in [-0.2, -0.15) is 0 Å². The zero-order chi connectivity index (χ0) is 52.3. The van der Waals surface area contributed by atoms with Crippen LogP contribution in [-0.2, 0) is 63.6 Å². The molecule has 1 aromatic heterocycles. The summed E-state index contributed by atoms with van der Waals surface area (Å²) in [6.07, 6.45) is -5.82. The molecule has 398 valence electrons. The topological polar surface area (TPSA) is 203 Å². The number of carbonyl (C=O) groups excluding carboxylic acids is 4. The number of para-hydroxylation sites is 1. The third kappa shape index (κ3) is 11.9. The fourth-order valence-corrected chi connectivity index (χ4v) is 12.0. The highest BCUT2D eigenvalue weighted by Gasteiger charge is 2.61. The standard InChI is InChI=1S/C53H82N4O14/c1-16-40-53(11)45(57(50(62)71-53)24-23-54-28-36-21-22-55-38-20-18-17-19-37(36)38)31(4)42(59)29(2)26-51(9,63-14)46(70-49-43(60)39(56(12)13)25-30(3)65-49)32(5)44(33(6)48(61)68-40)69-41-27-52(10,64-15)47(34(7)66-41)67-35(8)58/h17-22,29-34,39-41,43-47,49,54,60H,16,23-28H2,1-15H3/t29-,30-,31+,32+,33-,34+,39+,40-,41?,43-,44+,45+,46-,47+,49+,51-,52-,53-/m1/s1. The lowest BCUT2D eigenvalue weighted by Crippen LogP contribution is -2.62. The molecule has 0 saturated carbocycles. The first kappa shape index (κ1) is 56.4. The number of fused-ring (bicyclic) bond motifs is 2. The van der Waals surface area contributed by atoms with Gasteiger partial charge in [0.15, 0.2) is 24.3 Å². The van der Waals surface area contributed by atoms with Crippen LogP contribution in [0.5, 0.6) is 0 Å². The van der Waals surface area contributed by atoms with Gasteiger partial charge in [0.1, 0.15) is 23.6 Å². The number of hydrogen-bond donors (Lipinski definition) is 2. The van der Waals surface area contributed by atoms with E-state index in [9.17, 15) is 14.7 Å². The maximum atomic E-state index is 15.2. The fraction of sp³-hybridized carbons (Fsp3) is 0.755. The van der Waals surface area contributed by atoms with Crippen molar-refractivity contribution in [2.45, 2.75) is 193 Å². The molecule has 5 heterocycles. The van der Waals surface area contributed by atoms with Crippen LogP contribution >= 0.6 is 0 Å². The second-order valence-electron chi connectivity index (χ2n) is 21.4. The van der Waals surface area contributed by atoms with Crippen LogP contribution in [-0.4, -0.2) is 169 Å². The van der Waals surface area contributed by atoms with E-state index < -0.39 is 114 Å². The van der Waals surface area contributed by atoms with Crippen LogP contribution in [0.1, 0.15) is 107 Å². The first-order valence-electron chi connectivity index (χ1n) is 25.4. The van der Waals surface area contributed by atoms with Crippen LogP contribution in [0.15, 0.2) is 36.5 Å². The number of aliphatic hydroxyl groups excluding tert-OH is 1. The highest BCUT2D eigenvalue weighted by molar-refractivity contribution is 5.85. The molecule has 1 unspecified atom stereocenters. The summed E-state index contributed by atoms with van der Waals surface area (Å²) in [6.45, 7) is 20.6. The minimum absolute atomic E-state index is 0.108. The number of hydrogen-bond acceptors (Lipinski definition) is 17. The molecule has 1 amide bonds. The molecule has 0 aliphatic carbocycles. The number of methoxy groups -OCH3 is 2. The van der Waals surface area contributed by atoms with Gasteiger partial charge in [0.2, 0.25) is 0 Å². The van der Waals surface area contributed by atoms with Crippen molar-refractivity contribution in [2.24, 2.45) is 23.7 Å². The maximum absolute atomic E-state index is 15.2. The maximum Gasteiger partial charge on any atom is 0.410 e. The molecule has 4 aliphatic rings. The second-order valence-corrected chi connectivity index (χ2v) is 21.4. The van der Waals surface area contributed by atoms with Gasteiger partial charge in [-0.25, -0.2) is 4.79 Å². The molecular formula is C53H82N4O14. The number of cyclic esters (lactones) is 1. The van der Waals surface area contributed by atoms with Gasteiger partial charge in [-0.1, -0.05) is 45.9 Å². The summed E-state index contributed by atoms with van der Waals surface area (Å²) < 4.78 is 57.9. The number of Topliss-reactive ketones (excluding diaryl/α,β-unsaturated/α-hetero) is 1. The zero-order valence-electron chi connectivity index (χ0n) is 44.7. The van der Waals surface area contributed by atoms with E-state index in [2.05, 4.69) is 10.3 Å². The van der Waals surface area contributed by atoms with Crippen molar-refractivity contribution in [1.29, 1.82) is 0 Å². The van der Waals surface area contributed by atoms with E-state index in [0.717, 1.165) is 16.5 Å². The van der Waals surface area contributed by atoms with E-state index in [0.29, 0.717) is 19.5 Å². The highest BCUT2D eigenvalue weighted by atomic mass is 16.7. The predicted octanol–water partition coefficient (Wildman–Crippen LogP) is 5.82. The number of pyridine rings is 1. The number of aliphatic hydroxyl groups is 1. The van der Waals surface area contributed by atoms with Gasteiger partial charge in [0, 0.05) is 82.6 Å². The molecule has 0 spiro atoms. The normalized spacial score (nSPS) is 39.7. The van der Waals surface area contributed by atoms with Crippen molar-refractivity contribution in [2.75, 3.05) is 41.4 Å². The Kier molecular flexibility index (Phi) is 18.4. The van der Waals surface area contributed by atoms with Gasteiger partial charge in [-0.05, 0) is 92.6 Å². The Balaban J connectivity index is 1.40. The van der Waals surface area contributed by atoms with Crippen LogP contribution < -0.4 is 5.32 Å². The third-order valence-corrected chi connectivity index (χ3v) is 16.0. The van der Waals surface area contributed by atoms with Gasteiger partial charge < -0.3 is 58.0 Å². The van der Waals surface area contributed by atoms with Crippen molar-refractivity contribution < 1.29 is 66.9 Å². The molecule has 2 N–H and O–H groups in total. The zero-order valence-corrected chi connectivity index (χ0v) is 44.7. The van der Waals surface area contributed by atoms with Crippen LogP contribution in [0, 0.1) is 23.7 Å². The van der Waals surface area contributed by atoms with Gasteiger partial charge in [-0.15, -0.1) is 0 Å². The van der Waals surface area contributed by atoms with E-state index in [4.69, 9.17) is 42.6 Å². The summed E-state index contributed by atoms with van der Waals surface area (Å²) in [4.78, 5) is 64.7. The SMILES string of the molecule is CC[C@H]1OC(=O)[C@H](C)[C@@H](OC2C[C@@](C)(OC)[C@@H](OC(C)=O)[C@H](C)O2)[C@H](C)[C@@H](O[C@@H]2O[C@H](C)C[C@H](N(C)C)[C@H]2O)[C@](C)(OC)C[C@@H](C)C(=O)[C@H](C)[C@@H]2N(CCNCc3ccnc4ccccc34)C(=O)O[C@@]21C. The highest BCUT2D eigenvalue weighted by Crippen LogP contribution is 2.45. The summed E-state index contributed by atoms with van der Waals surface area (Å²) in [5.41, 5.74) is -1.87. The number of benzene rings is 1. The minimum Gasteiger partial charge on any atom is -0.458 e. The lowest BCUT2D eigenvalue weighted by atomic mass is 9.73. The smallest absolute Gasteiger partial charge is 0.410 e. The molecule has 71 heavy (non-hydrogen) atoms. The number of carbonyl (C=O) groups is 4. The van der Waals surface area contributed by atoms with E-state index in [1.807, 2.05) is 90.9 Å². The number of nitrogens with one attached hydrogen (secondary N) is 1. The molecule has 1 aromatic carbocycles. The van der Waals surface area contributed by atoms with Crippen molar-refractivity contribution in [3.63, 3.8) is 0 Å². The van der Waals surface area contributed by atoms with Crippen LogP contribution in [0.3, 0.4) is 0 Å². The molecule has 4 saturated heterocycles. The monoisotopic (exact) mass is 999 g/mol. The Labute approximate surface area is 420 Å². The Hall–Kier alpha value is -3.85. The van der Waals surface area contributed by atoms with Crippen LogP contribution in [0.2, 0.25) is 0 Å². The number of likely N-dealkylation sites (N-methyl/N-ethyl adjacent to an activating group) is 1. The Bertz CT molecular complexity index is 2160. The lowest BCUT2D eigenvalue weighted by Gasteiger charge is -2.50. The molecule has 18 atom stereocenters.